The van der Waals surface area contributed by atoms with Crippen LogP contribution in [-0.4, -0.2) is 36.1 Å². The van der Waals surface area contributed by atoms with E-state index in [0.29, 0.717) is 34.6 Å². The fraction of sp³-hybridized carbons (Fsp3) is 0.269. The van der Waals surface area contributed by atoms with E-state index in [4.69, 9.17) is 44.6 Å². The zero-order chi connectivity index (χ0) is 23.6. The highest BCUT2D eigenvalue weighted by atomic mass is 35.5. The number of ether oxygens (including phenoxy) is 1. The number of rotatable bonds is 8. The molecule has 1 atom stereocenters. The van der Waals surface area contributed by atoms with Crippen LogP contribution in [0.1, 0.15) is 29.5 Å². The van der Waals surface area contributed by atoms with Gasteiger partial charge in [0.15, 0.2) is 0 Å². The van der Waals surface area contributed by atoms with Crippen LogP contribution in [0.3, 0.4) is 0 Å². The van der Waals surface area contributed by atoms with Gasteiger partial charge < -0.3 is 9.84 Å². The minimum absolute atomic E-state index is 0.00907. The van der Waals surface area contributed by atoms with Crippen molar-refractivity contribution in [3.63, 3.8) is 0 Å². The summed E-state index contributed by atoms with van der Waals surface area (Å²) in [5.74, 6) is -0.834. The number of fused-ring (bicyclic) bond motifs is 1. The molecule has 0 amide bonds. The predicted octanol–water partition coefficient (Wildman–Crippen LogP) is 6.88. The van der Waals surface area contributed by atoms with Gasteiger partial charge in [-0.1, -0.05) is 59.1 Å². The number of likely N-dealkylation sites (N-methyl/N-ethyl adjacent to an activating group) is 1. The summed E-state index contributed by atoms with van der Waals surface area (Å²) in [6, 6.07) is 19.4. The van der Waals surface area contributed by atoms with E-state index in [1.54, 1.807) is 17.0 Å². The molecule has 172 valence electrons. The average Bonchev–Trinajstić information content (AvgIpc) is 3.14. The van der Waals surface area contributed by atoms with Crippen molar-refractivity contribution in [3.8, 4) is 11.1 Å². The third-order valence-corrected chi connectivity index (χ3v) is 6.85. The van der Waals surface area contributed by atoms with Crippen molar-refractivity contribution in [1.29, 1.82) is 0 Å². The molecule has 0 saturated carbocycles. The minimum Gasteiger partial charge on any atom is -0.480 e. The van der Waals surface area contributed by atoms with Crippen molar-refractivity contribution >= 4 is 40.8 Å². The Morgan fingerprint density at radius 2 is 1.76 bits per heavy atom. The number of halogens is 3. The smallest absolute Gasteiger partial charge is 0.317 e. The van der Waals surface area contributed by atoms with E-state index in [2.05, 4.69) is 12.1 Å². The molecule has 1 heterocycles. The molecule has 3 aromatic rings. The molecular formula is C26H24Cl3NO3. The van der Waals surface area contributed by atoms with Gasteiger partial charge in [-0.05, 0) is 85.1 Å². The van der Waals surface area contributed by atoms with Crippen LogP contribution in [0.25, 0.3) is 11.1 Å². The topological polar surface area (TPSA) is 49.8 Å². The molecule has 0 fully saturated rings. The van der Waals surface area contributed by atoms with Crippen LogP contribution in [-0.2, 0) is 21.7 Å². The van der Waals surface area contributed by atoms with E-state index in [9.17, 15) is 4.79 Å². The Morgan fingerprint density at radius 3 is 2.48 bits per heavy atom. The third kappa shape index (κ3) is 5.21. The maximum Gasteiger partial charge on any atom is 0.317 e. The molecular weight excluding hydrogens is 481 g/mol. The highest BCUT2D eigenvalue weighted by Gasteiger charge is 2.41. The summed E-state index contributed by atoms with van der Waals surface area (Å²) in [6.45, 7) is 1.13. The van der Waals surface area contributed by atoms with Gasteiger partial charge in [0.2, 0.25) is 0 Å². The molecule has 0 radical (unpaired) electrons. The Labute approximate surface area is 208 Å². The van der Waals surface area contributed by atoms with E-state index in [1.165, 1.54) is 0 Å². The first kappa shape index (κ1) is 24.1. The normalized spacial score (nSPS) is 17.4. The molecule has 1 unspecified atom stereocenters. The number of carbonyl (C=O) groups is 1. The molecule has 33 heavy (non-hydrogen) atoms. The molecule has 0 bridgehead atoms. The van der Waals surface area contributed by atoms with E-state index in [1.807, 2.05) is 43.4 Å². The quantitative estimate of drug-likeness (QED) is 0.363. The largest absolute Gasteiger partial charge is 0.480 e. The van der Waals surface area contributed by atoms with Crippen LogP contribution in [0.4, 0.5) is 0 Å². The highest BCUT2D eigenvalue weighted by Crippen LogP contribution is 2.47. The number of aliphatic carboxylic acids is 1. The molecule has 0 aromatic heterocycles. The lowest BCUT2D eigenvalue weighted by Gasteiger charge is -2.31. The second kappa shape index (κ2) is 10.0. The van der Waals surface area contributed by atoms with E-state index in [0.717, 1.165) is 34.2 Å². The van der Waals surface area contributed by atoms with Gasteiger partial charge in [-0.15, -0.1) is 0 Å². The lowest BCUT2D eigenvalue weighted by molar-refractivity contribution is -0.138. The number of hydrogen-bond donors (Lipinski definition) is 1. The summed E-state index contributed by atoms with van der Waals surface area (Å²) in [7, 11) is 1.81. The Hall–Kier alpha value is -2.08. The van der Waals surface area contributed by atoms with E-state index in [-0.39, 0.29) is 6.54 Å². The second-order valence-corrected chi connectivity index (χ2v) is 9.63. The van der Waals surface area contributed by atoms with Crippen molar-refractivity contribution in [3.05, 3.63) is 92.4 Å². The standard InChI is InChI=1S/C26H24Cl3NO3/c1-30(15-25(31)32)12-2-11-26(19-4-6-20(27)7-5-19)23-9-3-17(13-18(23)16-33-26)22-14-21(28)8-10-24(22)29/h3-10,13-14H,2,11-12,15-16H2,1H3,(H,31,32). The number of carboxylic acid groups (broad SMARTS) is 1. The number of nitrogens with zero attached hydrogens (tertiary/aromatic N) is 1. The van der Waals surface area contributed by atoms with Crippen LogP contribution in [0.15, 0.2) is 60.7 Å². The Kier molecular flexibility index (Phi) is 7.32. The van der Waals surface area contributed by atoms with Crippen molar-refractivity contribution in [2.75, 3.05) is 20.1 Å². The van der Waals surface area contributed by atoms with Gasteiger partial charge >= 0.3 is 5.97 Å². The van der Waals surface area contributed by atoms with Crippen molar-refractivity contribution < 1.29 is 14.6 Å². The average molecular weight is 505 g/mol. The fourth-order valence-electron chi connectivity index (χ4n) is 4.49. The molecule has 4 nitrogen and oxygen atoms in total. The van der Waals surface area contributed by atoms with Gasteiger partial charge in [0.25, 0.3) is 0 Å². The summed E-state index contributed by atoms with van der Waals surface area (Å²) in [5, 5.41) is 11.0. The molecule has 1 N–H and O–H groups in total. The van der Waals surface area contributed by atoms with Crippen LogP contribution in [0, 0.1) is 0 Å². The van der Waals surface area contributed by atoms with Gasteiger partial charge in [-0.25, -0.2) is 0 Å². The van der Waals surface area contributed by atoms with Gasteiger partial charge in [0.1, 0.15) is 5.60 Å². The summed E-state index contributed by atoms with van der Waals surface area (Å²) in [5.41, 5.74) is 4.47. The maximum absolute atomic E-state index is 11.0. The van der Waals surface area contributed by atoms with Crippen LogP contribution < -0.4 is 0 Å². The van der Waals surface area contributed by atoms with Crippen molar-refractivity contribution in [2.45, 2.75) is 25.0 Å². The van der Waals surface area contributed by atoms with Crippen LogP contribution in [0.5, 0.6) is 0 Å². The molecule has 0 aliphatic carbocycles. The lowest BCUT2D eigenvalue weighted by Crippen LogP contribution is -2.31. The fourth-order valence-corrected chi connectivity index (χ4v) is 5.01. The van der Waals surface area contributed by atoms with Gasteiger partial charge in [-0.3, -0.25) is 9.69 Å². The molecule has 1 aliphatic heterocycles. The second-order valence-electron chi connectivity index (χ2n) is 8.35. The SMILES string of the molecule is CN(CCCC1(c2ccc(Cl)cc2)OCc2cc(-c3cc(Cl)ccc3Cl)ccc21)CC(=O)O. The first-order valence-corrected chi connectivity index (χ1v) is 11.8. The first-order valence-electron chi connectivity index (χ1n) is 10.7. The molecule has 3 aromatic carbocycles. The summed E-state index contributed by atoms with van der Waals surface area (Å²) < 4.78 is 6.51. The monoisotopic (exact) mass is 503 g/mol. The molecule has 0 spiro atoms. The lowest BCUT2D eigenvalue weighted by atomic mass is 9.81. The Balaban J connectivity index is 1.68. The van der Waals surface area contributed by atoms with Gasteiger partial charge in [-0.2, -0.15) is 0 Å². The number of benzene rings is 3. The van der Waals surface area contributed by atoms with Crippen LogP contribution >= 0.6 is 34.8 Å². The first-order chi connectivity index (χ1) is 15.8. The summed E-state index contributed by atoms with van der Waals surface area (Å²) in [6.07, 6.45) is 1.48. The van der Waals surface area contributed by atoms with Crippen molar-refractivity contribution in [2.24, 2.45) is 0 Å². The predicted molar refractivity (Wildman–Crippen MR) is 133 cm³/mol. The third-order valence-electron chi connectivity index (χ3n) is 6.04. The molecule has 1 aliphatic rings. The van der Waals surface area contributed by atoms with Crippen molar-refractivity contribution in [1.82, 2.24) is 4.90 Å². The summed E-state index contributed by atoms with van der Waals surface area (Å²) in [4.78, 5) is 12.8. The molecule has 4 rings (SSSR count). The number of carboxylic acids is 1. The summed E-state index contributed by atoms with van der Waals surface area (Å²) >= 11 is 18.8. The maximum atomic E-state index is 11.0. The Bertz CT molecular complexity index is 1170. The zero-order valence-corrected chi connectivity index (χ0v) is 20.4. The Morgan fingerprint density at radius 1 is 1.03 bits per heavy atom. The number of hydrogen-bond acceptors (Lipinski definition) is 3. The highest BCUT2D eigenvalue weighted by molar-refractivity contribution is 6.35. The zero-order valence-electron chi connectivity index (χ0n) is 18.2. The van der Waals surface area contributed by atoms with E-state index < -0.39 is 11.6 Å². The molecule has 0 saturated heterocycles. The molecule has 7 heteroatoms. The minimum atomic E-state index is -0.834. The van der Waals surface area contributed by atoms with Crippen LogP contribution in [0.2, 0.25) is 15.1 Å². The van der Waals surface area contributed by atoms with Gasteiger partial charge in [0, 0.05) is 20.6 Å². The van der Waals surface area contributed by atoms with Gasteiger partial charge in [0.05, 0.1) is 13.2 Å². The van der Waals surface area contributed by atoms with E-state index >= 15 is 0 Å².